The minimum atomic E-state index is -2.50. The zero-order valence-corrected chi connectivity index (χ0v) is 21.1. The van der Waals surface area contributed by atoms with Crippen LogP contribution in [0.4, 0.5) is 5.69 Å². The second-order valence-electron chi connectivity index (χ2n) is 8.08. The molecule has 10 nitrogen and oxygen atoms in total. The van der Waals surface area contributed by atoms with Gasteiger partial charge in [0.15, 0.2) is 0 Å². The van der Waals surface area contributed by atoms with Crippen LogP contribution < -0.4 is 5.32 Å². The molecule has 0 saturated carbocycles. The molecule has 2 N–H and O–H groups in total. The van der Waals surface area contributed by atoms with Gasteiger partial charge in [-0.3, -0.25) is 19.3 Å². The van der Waals surface area contributed by atoms with Crippen LogP contribution >= 0.6 is 0 Å². The largest absolute Gasteiger partial charge is 0.478 e. The van der Waals surface area contributed by atoms with Crippen molar-refractivity contribution in [3.63, 3.8) is 0 Å². The maximum atomic E-state index is 12.6. The van der Waals surface area contributed by atoms with Gasteiger partial charge in [0.25, 0.3) is 11.8 Å². The number of anilines is 1. The third-order valence-electron chi connectivity index (χ3n) is 5.19. The van der Waals surface area contributed by atoms with Crippen LogP contribution in [0.2, 0.25) is 0 Å². The summed E-state index contributed by atoms with van der Waals surface area (Å²) in [6.45, 7) is 1.80. The highest BCUT2D eigenvalue weighted by Crippen LogP contribution is 2.13. The highest BCUT2D eigenvalue weighted by atomic mass is 32.2. The number of benzene rings is 2. The summed E-state index contributed by atoms with van der Waals surface area (Å²) in [6, 6.07) is 15.6. The third-order valence-corrected chi connectivity index (χ3v) is 6.27. The van der Waals surface area contributed by atoms with Gasteiger partial charge in [0.05, 0.1) is 27.4 Å². The van der Waals surface area contributed by atoms with Crippen LogP contribution in [0, 0.1) is 18.8 Å². The second-order valence-corrected chi connectivity index (χ2v) is 9.34. The first kappa shape index (κ1) is 26.0. The molecule has 38 heavy (non-hydrogen) atoms. The Morgan fingerprint density at radius 1 is 0.974 bits per heavy atom. The lowest BCUT2D eigenvalue weighted by Gasteiger charge is -2.05. The summed E-state index contributed by atoms with van der Waals surface area (Å²) in [6.07, 6.45) is 2.75. The molecule has 2 amide bonds. The summed E-state index contributed by atoms with van der Waals surface area (Å²) >= 11 is 0. The second kappa shape index (κ2) is 11.3. The molecule has 2 heterocycles. The first-order valence-corrected chi connectivity index (χ1v) is 12.4. The molecule has 2 aromatic carbocycles. The molecular weight excluding hydrogens is 506 g/mol. The number of rotatable bonds is 5. The summed E-state index contributed by atoms with van der Waals surface area (Å²) in [5.74, 6) is 3.64. The Labute approximate surface area is 219 Å². The Morgan fingerprint density at radius 3 is 2.47 bits per heavy atom. The first-order valence-electron chi connectivity index (χ1n) is 11.2. The molecule has 4 aromatic rings. The van der Waals surface area contributed by atoms with Crippen LogP contribution in [-0.4, -0.2) is 41.9 Å². The normalized spacial score (nSPS) is 11.3. The topological polar surface area (TPSA) is 144 Å². The maximum Gasteiger partial charge on any atom is 0.335 e. The summed E-state index contributed by atoms with van der Waals surface area (Å²) in [5.41, 5.74) is 2.79. The van der Waals surface area contributed by atoms with Crippen molar-refractivity contribution in [2.75, 3.05) is 5.32 Å². The number of pyridine rings is 1. The van der Waals surface area contributed by atoms with E-state index in [4.69, 9.17) is 5.11 Å². The maximum absolute atomic E-state index is 12.6. The smallest absolute Gasteiger partial charge is 0.335 e. The lowest BCUT2D eigenvalue weighted by Crippen LogP contribution is -2.16. The van der Waals surface area contributed by atoms with E-state index < -0.39 is 22.5 Å². The summed E-state index contributed by atoms with van der Waals surface area (Å²) in [4.78, 5) is 40.4. The number of amides is 2. The number of nitrogens with one attached hydrogen (secondary N) is 1. The summed E-state index contributed by atoms with van der Waals surface area (Å²) in [7, 11) is -0.810. The van der Waals surface area contributed by atoms with Crippen LogP contribution in [0.1, 0.15) is 48.0 Å². The number of nitrogens with zero attached hydrogens (tertiary/aromatic N) is 4. The molecule has 11 heteroatoms. The Hall–Kier alpha value is -5.08. The average molecular weight is 528 g/mol. The van der Waals surface area contributed by atoms with Crippen LogP contribution in [-0.2, 0) is 17.6 Å². The molecule has 0 aliphatic carbocycles. The van der Waals surface area contributed by atoms with Crippen LogP contribution in [0.25, 0.3) is 0 Å². The van der Waals surface area contributed by atoms with Crippen LogP contribution in [0.15, 0.2) is 82.3 Å². The predicted molar refractivity (Wildman–Crippen MR) is 141 cm³/mol. The van der Waals surface area contributed by atoms with E-state index in [1.807, 2.05) is 0 Å². The Bertz CT molecular complexity index is 1720. The fourth-order valence-electron chi connectivity index (χ4n) is 3.42. The lowest BCUT2D eigenvalue weighted by atomic mass is 10.1. The standard InChI is InChI=1S/C27H21N5O5S/c1-17-11-24(32(2)30-17)26(34)29-22-7-3-5-18(13-22)9-10-19-12-21(16-28-15-19)25(33)31-38(37)23-8-4-6-20(14-23)27(35)36/h3-8,11-16,38H,1-2H3,(H,29,34)(H,35,36). The molecule has 0 aliphatic rings. The number of carbonyl (C=O) groups excluding carboxylic acids is 2. The zero-order valence-electron chi connectivity index (χ0n) is 20.2. The number of thiol groups is 1. The zero-order chi connectivity index (χ0) is 27.2. The van der Waals surface area contributed by atoms with E-state index >= 15 is 0 Å². The van der Waals surface area contributed by atoms with Crippen LogP contribution in [0.3, 0.4) is 0 Å². The quantitative estimate of drug-likeness (QED) is 0.267. The van der Waals surface area contributed by atoms with Crippen molar-refractivity contribution in [1.82, 2.24) is 14.8 Å². The van der Waals surface area contributed by atoms with Gasteiger partial charge in [0, 0.05) is 41.2 Å². The lowest BCUT2D eigenvalue weighted by molar-refractivity contribution is 0.0696. The fraction of sp³-hybridized carbons (Fsp3) is 0.0741. The van der Waals surface area contributed by atoms with E-state index in [1.165, 1.54) is 47.4 Å². The summed E-state index contributed by atoms with van der Waals surface area (Å²) < 4.78 is 17.7. The highest BCUT2D eigenvalue weighted by molar-refractivity contribution is 7.75. The number of carbonyl (C=O) groups is 3. The van der Waals surface area contributed by atoms with E-state index in [0.717, 1.165) is 5.69 Å². The van der Waals surface area contributed by atoms with Gasteiger partial charge in [-0.1, -0.05) is 24.0 Å². The number of aryl methyl sites for hydroxylation is 2. The van der Waals surface area contributed by atoms with Crippen molar-refractivity contribution < 1.29 is 23.7 Å². The van der Waals surface area contributed by atoms with Crippen molar-refractivity contribution in [1.29, 1.82) is 0 Å². The Balaban J connectivity index is 1.50. The molecule has 2 aromatic heterocycles. The van der Waals surface area contributed by atoms with E-state index in [-0.39, 0.29) is 21.9 Å². The third kappa shape index (κ3) is 6.37. The summed E-state index contributed by atoms with van der Waals surface area (Å²) in [5, 5.41) is 16.1. The van der Waals surface area contributed by atoms with E-state index in [1.54, 1.807) is 44.3 Å². The molecule has 190 valence electrons. The molecule has 1 atom stereocenters. The number of aromatic nitrogens is 3. The van der Waals surface area contributed by atoms with E-state index in [0.29, 0.717) is 22.5 Å². The molecule has 0 bridgehead atoms. The van der Waals surface area contributed by atoms with Crippen molar-refractivity contribution in [3.8, 4) is 11.8 Å². The van der Waals surface area contributed by atoms with E-state index in [2.05, 4.69) is 31.6 Å². The predicted octanol–water partition coefficient (Wildman–Crippen LogP) is 3.34. The van der Waals surface area contributed by atoms with Gasteiger partial charge in [-0.2, -0.15) is 9.46 Å². The molecule has 1 unspecified atom stereocenters. The monoisotopic (exact) mass is 527 g/mol. The molecule has 0 aliphatic heterocycles. The minimum absolute atomic E-state index is 0.0526. The van der Waals surface area contributed by atoms with Crippen molar-refractivity contribution in [2.45, 2.75) is 11.8 Å². The van der Waals surface area contributed by atoms with Crippen LogP contribution in [0.5, 0.6) is 0 Å². The molecule has 4 rings (SSSR count). The molecule has 0 spiro atoms. The van der Waals surface area contributed by atoms with Gasteiger partial charge < -0.3 is 10.4 Å². The van der Waals surface area contributed by atoms with Gasteiger partial charge in [-0.15, -0.1) is 0 Å². The van der Waals surface area contributed by atoms with Gasteiger partial charge in [-0.05, 0) is 55.5 Å². The Morgan fingerprint density at radius 2 is 1.74 bits per heavy atom. The average Bonchev–Trinajstić information content (AvgIpc) is 3.25. The number of hydrogen-bond acceptors (Lipinski definition) is 6. The van der Waals surface area contributed by atoms with Gasteiger partial charge in [0.2, 0.25) is 0 Å². The van der Waals surface area contributed by atoms with E-state index in [9.17, 15) is 18.6 Å². The number of carboxylic acids is 1. The number of aromatic carboxylic acids is 1. The SMILES string of the molecule is Cc1cc(C(=O)Nc2cccc(C#Cc3cncc(C(=O)/N=[SH](=O)/c4cccc(C(=O)O)c4)c3)c2)n(C)n1. The van der Waals surface area contributed by atoms with Crippen molar-refractivity contribution >= 4 is 34.1 Å². The highest BCUT2D eigenvalue weighted by Gasteiger charge is 2.12. The molecule has 0 saturated heterocycles. The van der Waals surface area contributed by atoms with Gasteiger partial charge in [0.1, 0.15) is 5.69 Å². The number of carboxylic acid groups (broad SMARTS) is 1. The molecular formula is C27H21N5O5S. The molecule has 0 fully saturated rings. The van der Waals surface area contributed by atoms with Gasteiger partial charge in [-0.25, -0.2) is 9.00 Å². The van der Waals surface area contributed by atoms with Crippen molar-refractivity contribution in [3.05, 3.63) is 107 Å². The molecule has 0 radical (unpaired) electrons. The Kier molecular flexibility index (Phi) is 7.74. The van der Waals surface area contributed by atoms with Gasteiger partial charge >= 0.3 is 5.97 Å². The first-order chi connectivity index (χ1) is 18.2. The number of hydrogen-bond donors (Lipinski definition) is 3. The fourth-order valence-corrected chi connectivity index (χ4v) is 4.28. The minimum Gasteiger partial charge on any atom is -0.478 e. The van der Waals surface area contributed by atoms with Crippen molar-refractivity contribution in [2.24, 2.45) is 11.4 Å².